The number of carbonyl (C=O) groups is 1. The van der Waals surface area contributed by atoms with Crippen molar-refractivity contribution in [2.75, 3.05) is 13.7 Å². The number of hydrogen-bond acceptors (Lipinski definition) is 4. The molecule has 0 aliphatic heterocycles. The van der Waals surface area contributed by atoms with E-state index in [1.165, 1.54) is 7.11 Å². The van der Waals surface area contributed by atoms with Crippen molar-refractivity contribution >= 4 is 16.5 Å². The Kier molecular flexibility index (Phi) is 3.46. The third-order valence-electron chi connectivity index (χ3n) is 1.55. The van der Waals surface area contributed by atoms with Gasteiger partial charge in [-0.25, -0.2) is 4.79 Å². The zero-order valence-electron chi connectivity index (χ0n) is 9.45. The van der Waals surface area contributed by atoms with Crippen LogP contribution in [-0.2, 0) is 9.53 Å². The summed E-state index contributed by atoms with van der Waals surface area (Å²) in [5, 5.41) is 0. The standard InChI is InChI=1S/C9H9F5O4S/c1-16-6-9(15)17-7-3-2-4-8(5-7)18-19(10,11,12,13)14/h2-5H,6H2,1H3. The molecule has 0 amide bonds. The highest BCUT2D eigenvalue weighted by Crippen LogP contribution is 2.97. The molecule has 0 N–H and O–H groups in total. The smallest absolute Gasteiger partial charge is 0.425 e. The lowest BCUT2D eigenvalue weighted by atomic mass is 10.3. The average molecular weight is 308 g/mol. The number of methoxy groups -OCH3 is 1. The second-order valence-electron chi connectivity index (χ2n) is 3.36. The van der Waals surface area contributed by atoms with E-state index in [1.807, 2.05) is 0 Å². The SMILES string of the molecule is COCC(=O)Oc1cccc(OS(F)(F)(F)(F)F)c1. The number of carbonyl (C=O) groups excluding carboxylic acids is 1. The van der Waals surface area contributed by atoms with Crippen LogP contribution in [0.25, 0.3) is 0 Å². The summed E-state index contributed by atoms with van der Waals surface area (Å²) < 4.78 is 72.1. The Morgan fingerprint density at radius 3 is 2.26 bits per heavy atom. The van der Waals surface area contributed by atoms with E-state index >= 15 is 0 Å². The largest absolute Gasteiger partial charge is 0.435 e. The number of esters is 1. The van der Waals surface area contributed by atoms with E-state index in [0.29, 0.717) is 12.1 Å². The first kappa shape index (κ1) is 15.5. The van der Waals surface area contributed by atoms with Gasteiger partial charge in [0.25, 0.3) is 0 Å². The van der Waals surface area contributed by atoms with Gasteiger partial charge in [0.15, 0.2) is 0 Å². The Morgan fingerprint density at radius 2 is 1.74 bits per heavy atom. The first-order valence-electron chi connectivity index (χ1n) is 4.63. The quantitative estimate of drug-likeness (QED) is 0.471. The van der Waals surface area contributed by atoms with Crippen LogP contribution in [-0.4, -0.2) is 19.7 Å². The van der Waals surface area contributed by atoms with Crippen LogP contribution in [0, 0.1) is 0 Å². The molecule has 0 heterocycles. The fourth-order valence-electron chi connectivity index (χ4n) is 1.05. The van der Waals surface area contributed by atoms with Gasteiger partial charge in [-0.3, -0.25) is 0 Å². The Balaban J connectivity index is 2.88. The molecule has 10 heteroatoms. The van der Waals surface area contributed by atoms with Gasteiger partial charge in [-0.2, -0.15) is 0 Å². The zero-order valence-corrected chi connectivity index (χ0v) is 10.3. The Bertz CT molecular complexity index is 486. The second kappa shape index (κ2) is 4.23. The van der Waals surface area contributed by atoms with E-state index in [0.717, 1.165) is 12.1 Å². The number of hydrogen-bond donors (Lipinski definition) is 0. The number of benzene rings is 1. The summed E-state index contributed by atoms with van der Waals surface area (Å²) in [6, 6.07) is 3.25. The monoisotopic (exact) mass is 308 g/mol. The van der Waals surface area contributed by atoms with E-state index in [4.69, 9.17) is 0 Å². The van der Waals surface area contributed by atoms with Crippen molar-refractivity contribution in [3.63, 3.8) is 0 Å². The molecule has 110 valence electrons. The molecule has 1 aromatic carbocycles. The lowest BCUT2D eigenvalue weighted by molar-refractivity contribution is -0.138. The number of rotatable bonds is 5. The summed E-state index contributed by atoms with van der Waals surface area (Å²) in [7, 11) is -8.84. The summed E-state index contributed by atoms with van der Waals surface area (Å²) in [6.45, 7) is -0.438. The Labute approximate surface area is 105 Å². The topological polar surface area (TPSA) is 44.8 Å². The third kappa shape index (κ3) is 6.82. The van der Waals surface area contributed by atoms with Crippen molar-refractivity contribution in [1.82, 2.24) is 0 Å². The van der Waals surface area contributed by atoms with Gasteiger partial charge in [-0.1, -0.05) is 25.5 Å². The van der Waals surface area contributed by atoms with Crippen LogP contribution in [0.5, 0.6) is 11.5 Å². The van der Waals surface area contributed by atoms with Crippen LogP contribution in [0.1, 0.15) is 0 Å². The minimum atomic E-state index is -10.0. The van der Waals surface area contributed by atoms with Gasteiger partial charge in [0.2, 0.25) is 0 Å². The molecule has 0 fully saturated rings. The molecule has 4 nitrogen and oxygen atoms in total. The summed E-state index contributed by atoms with van der Waals surface area (Å²) >= 11 is 0. The van der Waals surface area contributed by atoms with Gasteiger partial charge in [0.1, 0.15) is 18.1 Å². The molecule has 0 saturated carbocycles. The van der Waals surface area contributed by atoms with Gasteiger partial charge in [-0.15, -0.1) is 0 Å². The number of halogens is 5. The maximum atomic E-state index is 12.1. The molecule has 0 aliphatic carbocycles. The normalized spacial score (nSPS) is 15.3. The van der Waals surface area contributed by atoms with Crippen LogP contribution >= 0.6 is 10.5 Å². The maximum Gasteiger partial charge on any atom is 0.435 e. The van der Waals surface area contributed by atoms with Crippen LogP contribution in [0.4, 0.5) is 19.4 Å². The number of ether oxygens (including phenoxy) is 2. The molecule has 0 aromatic heterocycles. The predicted octanol–water partition coefficient (Wildman–Crippen LogP) is 3.83. The van der Waals surface area contributed by atoms with E-state index in [-0.39, 0.29) is 5.75 Å². The Morgan fingerprint density at radius 1 is 1.16 bits per heavy atom. The van der Waals surface area contributed by atoms with E-state index < -0.39 is 28.8 Å². The van der Waals surface area contributed by atoms with Gasteiger partial charge in [-0.05, 0) is 12.1 Å². The molecule has 0 saturated heterocycles. The lowest BCUT2D eigenvalue weighted by Crippen LogP contribution is -2.15. The highest BCUT2D eigenvalue weighted by Gasteiger charge is 2.67. The fourth-order valence-corrected chi connectivity index (χ4v) is 1.52. The van der Waals surface area contributed by atoms with Gasteiger partial charge < -0.3 is 13.7 Å². The highest BCUT2D eigenvalue weighted by molar-refractivity contribution is 8.42. The van der Waals surface area contributed by atoms with Crippen molar-refractivity contribution < 1.29 is 37.9 Å². The second-order valence-corrected chi connectivity index (χ2v) is 5.33. The van der Waals surface area contributed by atoms with Crippen LogP contribution in [0.15, 0.2) is 24.3 Å². The van der Waals surface area contributed by atoms with Crippen LogP contribution in [0.3, 0.4) is 0 Å². The molecule has 0 aliphatic rings. The molecule has 0 spiro atoms. The zero-order chi connectivity index (χ0) is 14.8. The van der Waals surface area contributed by atoms with E-state index in [9.17, 15) is 24.2 Å². The van der Waals surface area contributed by atoms with Crippen molar-refractivity contribution in [3.8, 4) is 11.5 Å². The minimum absolute atomic E-state index is 0.374. The predicted molar refractivity (Wildman–Crippen MR) is 57.7 cm³/mol. The molecular formula is C9H9F5O4S. The first-order chi connectivity index (χ1) is 8.38. The van der Waals surface area contributed by atoms with Crippen molar-refractivity contribution in [3.05, 3.63) is 24.3 Å². The first-order valence-corrected chi connectivity index (χ1v) is 6.50. The lowest BCUT2D eigenvalue weighted by Gasteiger charge is -2.39. The molecule has 19 heavy (non-hydrogen) atoms. The molecule has 0 bridgehead atoms. The summed E-state index contributed by atoms with van der Waals surface area (Å²) in [5.41, 5.74) is 0. The molecule has 0 radical (unpaired) electrons. The molecule has 1 aromatic rings. The minimum Gasteiger partial charge on any atom is -0.425 e. The molecule has 0 unspecified atom stereocenters. The summed E-state index contributed by atoms with van der Waals surface area (Å²) in [5.74, 6) is -2.45. The van der Waals surface area contributed by atoms with E-state index in [1.54, 1.807) is 0 Å². The fraction of sp³-hybridized carbons (Fsp3) is 0.222. The van der Waals surface area contributed by atoms with Crippen molar-refractivity contribution in [2.24, 2.45) is 0 Å². The van der Waals surface area contributed by atoms with Gasteiger partial charge in [0, 0.05) is 13.2 Å². The van der Waals surface area contributed by atoms with Crippen molar-refractivity contribution in [1.29, 1.82) is 0 Å². The summed E-state index contributed by atoms with van der Waals surface area (Å²) in [6.07, 6.45) is 0. The van der Waals surface area contributed by atoms with Crippen LogP contribution < -0.4 is 8.92 Å². The maximum absolute atomic E-state index is 12.1. The van der Waals surface area contributed by atoms with Crippen molar-refractivity contribution in [2.45, 2.75) is 0 Å². The molecular weight excluding hydrogens is 299 g/mol. The summed E-state index contributed by atoms with van der Waals surface area (Å²) in [4.78, 5) is 11.0. The third-order valence-corrected chi connectivity index (χ3v) is 2.06. The molecule has 1 rings (SSSR count). The average Bonchev–Trinajstić information content (AvgIpc) is 2.12. The molecule has 0 atom stereocenters. The van der Waals surface area contributed by atoms with Crippen LogP contribution in [0.2, 0.25) is 0 Å². The highest BCUT2D eigenvalue weighted by atomic mass is 32.5. The Hall–Kier alpha value is -1.55. The van der Waals surface area contributed by atoms with E-state index in [2.05, 4.69) is 13.7 Å². The van der Waals surface area contributed by atoms with Gasteiger partial charge >= 0.3 is 16.5 Å². The van der Waals surface area contributed by atoms with Gasteiger partial charge in [0.05, 0.1) is 0 Å².